The largest absolute Gasteiger partial charge is 0.388 e. The average molecular weight is 183 g/mol. The van der Waals surface area contributed by atoms with Crippen LogP contribution in [0.25, 0.3) is 0 Å². The summed E-state index contributed by atoms with van der Waals surface area (Å²) in [5, 5.41) is 13.7. The molecule has 13 heavy (non-hydrogen) atoms. The van der Waals surface area contributed by atoms with Gasteiger partial charge in [-0.25, -0.2) is 0 Å². The van der Waals surface area contributed by atoms with Gasteiger partial charge < -0.3 is 10.8 Å². The molecule has 0 saturated carbocycles. The third-order valence-electron chi connectivity index (χ3n) is 1.98. The van der Waals surface area contributed by atoms with Crippen molar-refractivity contribution in [2.45, 2.75) is 32.4 Å². The highest BCUT2D eigenvalue weighted by molar-refractivity contribution is 5.08. The number of rotatable bonds is 4. The van der Waals surface area contributed by atoms with Crippen LogP contribution in [0.1, 0.15) is 38.0 Å². The second kappa shape index (κ2) is 4.39. The molecule has 4 nitrogen and oxygen atoms in total. The van der Waals surface area contributed by atoms with E-state index in [1.165, 1.54) is 0 Å². The number of nitrogens with two attached hydrogens (primary N) is 1. The topological polar surface area (TPSA) is 64.1 Å². The van der Waals surface area contributed by atoms with Crippen LogP contribution in [0.3, 0.4) is 0 Å². The Hall–Kier alpha value is -0.870. The van der Waals surface area contributed by atoms with Crippen molar-refractivity contribution in [2.75, 3.05) is 6.54 Å². The lowest BCUT2D eigenvalue weighted by atomic mass is 10.1. The van der Waals surface area contributed by atoms with Crippen LogP contribution in [0.4, 0.5) is 0 Å². The maximum atomic E-state index is 9.58. The van der Waals surface area contributed by atoms with Crippen LogP contribution in [0.5, 0.6) is 0 Å². The van der Waals surface area contributed by atoms with Crippen molar-refractivity contribution in [3.05, 3.63) is 18.0 Å². The molecule has 0 fully saturated rings. The minimum Gasteiger partial charge on any atom is -0.388 e. The third-order valence-corrected chi connectivity index (χ3v) is 1.98. The van der Waals surface area contributed by atoms with Gasteiger partial charge >= 0.3 is 0 Å². The van der Waals surface area contributed by atoms with Gasteiger partial charge in [-0.2, -0.15) is 5.10 Å². The Morgan fingerprint density at radius 3 is 2.77 bits per heavy atom. The smallest absolute Gasteiger partial charge is 0.0832 e. The molecule has 3 N–H and O–H groups in total. The normalized spacial score (nSPS) is 13.6. The van der Waals surface area contributed by atoms with Crippen molar-refractivity contribution >= 4 is 0 Å². The number of nitrogens with zero attached hydrogens (tertiary/aromatic N) is 2. The summed E-state index contributed by atoms with van der Waals surface area (Å²) in [5.41, 5.74) is 6.19. The Bertz CT molecular complexity index is 257. The quantitative estimate of drug-likeness (QED) is 0.727. The van der Waals surface area contributed by atoms with Crippen molar-refractivity contribution in [1.82, 2.24) is 9.78 Å². The van der Waals surface area contributed by atoms with E-state index in [2.05, 4.69) is 5.10 Å². The van der Waals surface area contributed by atoms with Crippen LogP contribution in [-0.2, 0) is 0 Å². The first kappa shape index (κ1) is 10.2. The van der Waals surface area contributed by atoms with Gasteiger partial charge in [0.2, 0.25) is 0 Å². The van der Waals surface area contributed by atoms with Crippen molar-refractivity contribution < 1.29 is 5.11 Å². The molecule has 0 radical (unpaired) electrons. The molecule has 0 spiro atoms. The summed E-state index contributed by atoms with van der Waals surface area (Å²) in [6, 6.07) is 0.332. The Morgan fingerprint density at radius 2 is 2.31 bits per heavy atom. The molecule has 0 aliphatic heterocycles. The predicted octanol–water partition coefficient (Wildman–Crippen LogP) is 0.846. The molecule has 0 aromatic carbocycles. The van der Waals surface area contributed by atoms with E-state index in [0.717, 1.165) is 5.56 Å². The molecule has 1 heterocycles. The van der Waals surface area contributed by atoms with Crippen LogP contribution in [0.2, 0.25) is 0 Å². The molecule has 1 aromatic rings. The molecule has 0 saturated heterocycles. The molecular formula is C9H17N3O. The number of aliphatic hydroxyl groups excluding tert-OH is 1. The molecule has 1 atom stereocenters. The van der Waals surface area contributed by atoms with E-state index in [4.69, 9.17) is 5.73 Å². The standard InChI is InChI=1S/C9H17N3O/c1-7(2)12-6-8(5-11-12)9(13)3-4-10/h5-7,9,13H,3-4,10H2,1-2H3/t9-/m1/s1. The molecule has 0 aliphatic carbocycles. The predicted molar refractivity (Wildman–Crippen MR) is 51.2 cm³/mol. The maximum Gasteiger partial charge on any atom is 0.0832 e. The van der Waals surface area contributed by atoms with Gasteiger partial charge in [0.25, 0.3) is 0 Å². The van der Waals surface area contributed by atoms with E-state index in [9.17, 15) is 5.11 Å². The fourth-order valence-corrected chi connectivity index (χ4v) is 1.13. The number of aliphatic hydroxyl groups is 1. The summed E-state index contributed by atoms with van der Waals surface area (Å²) in [6.07, 6.45) is 3.67. The zero-order chi connectivity index (χ0) is 9.84. The van der Waals surface area contributed by atoms with Crippen molar-refractivity contribution in [1.29, 1.82) is 0 Å². The Balaban J connectivity index is 2.67. The van der Waals surface area contributed by atoms with Gasteiger partial charge in [0, 0.05) is 17.8 Å². The third kappa shape index (κ3) is 2.54. The Kier molecular flexibility index (Phi) is 3.45. The van der Waals surface area contributed by atoms with E-state index in [0.29, 0.717) is 19.0 Å². The van der Waals surface area contributed by atoms with E-state index < -0.39 is 6.10 Å². The first-order valence-electron chi connectivity index (χ1n) is 4.57. The van der Waals surface area contributed by atoms with Crippen molar-refractivity contribution in [3.8, 4) is 0 Å². The molecule has 74 valence electrons. The number of hydrogen-bond acceptors (Lipinski definition) is 3. The van der Waals surface area contributed by atoms with Crippen LogP contribution in [0, 0.1) is 0 Å². The van der Waals surface area contributed by atoms with Crippen LogP contribution in [0.15, 0.2) is 12.4 Å². The SMILES string of the molecule is CC(C)n1cc([C@H](O)CCN)cn1. The van der Waals surface area contributed by atoms with E-state index in [-0.39, 0.29) is 0 Å². The van der Waals surface area contributed by atoms with Gasteiger partial charge in [0.05, 0.1) is 12.3 Å². The van der Waals surface area contributed by atoms with E-state index >= 15 is 0 Å². The zero-order valence-electron chi connectivity index (χ0n) is 8.14. The molecule has 0 unspecified atom stereocenters. The molecule has 0 bridgehead atoms. The molecular weight excluding hydrogens is 166 g/mol. The van der Waals surface area contributed by atoms with Gasteiger partial charge in [-0.3, -0.25) is 4.68 Å². The lowest BCUT2D eigenvalue weighted by molar-refractivity contribution is 0.170. The van der Waals surface area contributed by atoms with Crippen LogP contribution >= 0.6 is 0 Å². The fraction of sp³-hybridized carbons (Fsp3) is 0.667. The van der Waals surface area contributed by atoms with Gasteiger partial charge in [-0.15, -0.1) is 0 Å². The average Bonchev–Trinajstić information content (AvgIpc) is 2.52. The summed E-state index contributed by atoms with van der Waals surface area (Å²) >= 11 is 0. The minimum absolute atomic E-state index is 0.332. The fourth-order valence-electron chi connectivity index (χ4n) is 1.13. The summed E-state index contributed by atoms with van der Waals surface area (Å²) in [5.74, 6) is 0. The monoisotopic (exact) mass is 183 g/mol. The summed E-state index contributed by atoms with van der Waals surface area (Å²) in [6.45, 7) is 4.59. The summed E-state index contributed by atoms with van der Waals surface area (Å²) in [4.78, 5) is 0. The van der Waals surface area contributed by atoms with Gasteiger partial charge in [0.1, 0.15) is 0 Å². The van der Waals surface area contributed by atoms with Crippen LogP contribution < -0.4 is 5.73 Å². The highest BCUT2D eigenvalue weighted by atomic mass is 16.3. The molecule has 4 heteroatoms. The lowest BCUT2D eigenvalue weighted by Gasteiger charge is -2.06. The van der Waals surface area contributed by atoms with Crippen LogP contribution in [-0.4, -0.2) is 21.4 Å². The highest BCUT2D eigenvalue weighted by Gasteiger charge is 2.09. The molecule has 0 amide bonds. The van der Waals surface area contributed by atoms with E-state index in [1.807, 2.05) is 24.7 Å². The van der Waals surface area contributed by atoms with Gasteiger partial charge in [-0.1, -0.05) is 0 Å². The first-order chi connectivity index (χ1) is 6.15. The zero-order valence-corrected chi connectivity index (χ0v) is 8.14. The Morgan fingerprint density at radius 1 is 1.62 bits per heavy atom. The van der Waals surface area contributed by atoms with E-state index in [1.54, 1.807) is 6.20 Å². The second-order valence-corrected chi connectivity index (χ2v) is 3.44. The molecule has 0 aliphatic rings. The molecule has 1 aromatic heterocycles. The first-order valence-corrected chi connectivity index (χ1v) is 4.57. The molecule has 1 rings (SSSR count). The minimum atomic E-state index is -0.475. The summed E-state index contributed by atoms with van der Waals surface area (Å²) < 4.78 is 1.83. The maximum absolute atomic E-state index is 9.58. The Labute approximate surface area is 78.4 Å². The van der Waals surface area contributed by atoms with Crippen molar-refractivity contribution in [2.24, 2.45) is 5.73 Å². The highest BCUT2D eigenvalue weighted by Crippen LogP contribution is 2.16. The summed E-state index contributed by atoms with van der Waals surface area (Å²) in [7, 11) is 0. The van der Waals surface area contributed by atoms with Gasteiger partial charge in [0.15, 0.2) is 0 Å². The number of hydrogen-bond donors (Lipinski definition) is 2. The van der Waals surface area contributed by atoms with Crippen molar-refractivity contribution in [3.63, 3.8) is 0 Å². The lowest BCUT2D eigenvalue weighted by Crippen LogP contribution is -2.06. The second-order valence-electron chi connectivity index (χ2n) is 3.44. The van der Waals surface area contributed by atoms with Gasteiger partial charge in [-0.05, 0) is 26.8 Å². The number of aromatic nitrogens is 2.